The van der Waals surface area contributed by atoms with E-state index in [2.05, 4.69) is 79.3 Å². The molecular formula is C28H34N4. The average Bonchev–Trinajstić information content (AvgIpc) is 3.27. The number of benzene rings is 2. The van der Waals surface area contributed by atoms with E-state index in [0.717, 1.165) is 41.7 Å². The van der Waals surface area contributed by atoms with Crippen molar-refractivity contribution in [1.82, 2.24) is 14.5 Å². The Morgan fingerprint density at radius 3 is 2.28 bits per heavy atom. The first kappa shape index (κ1) is 22.1. The van der Waals surface area contributed by atoms with E-state index in [1.807, 2.05) is 24.0 Å². The number of hydrogen-bond acceptors (Lipinski definition) is 3. The van der Waals surface area contributed by atoms with Gasteiger partial charge in [0.15, 0.2) is 0 Å². The molecular weight excluding hydrogens is 392 g/mol. The van der Waals surface area contributed by atoms with Gasteiger partial charge in [0.1, 0.15) is 0 Å². The van der Waals surface area contributed by atoms with Crippen molar-refractivity contribution in [2.75, 3.05) is 11.4 Å². The predicted octanol–water partition coefficient (Wildman–Crippen LogP) is 7.09. The van der Waals surface area contributed by atoms with Gasteiger partial charge in [0.25, 0.3) is 0 Å². The number of nitrogens with zero attached hydrogens (tertiary/aromatic N) is 4. The van der Waals surface area contributed by atoms with Crippen LogP contribution in [0.1, 0.15) is 51.2 Å². The maximum absolute atomic E-state index is 4.96. The zero-order valence-corrected chi connectivity index (χ0v) is 19.8. The van der Waals surface area contributed by atoms with E-state index in [9.17, 15) is 0 Å². The third-order valence-corrected chi connectivity index (χ3v) is 6.12. The van der Waals surface area contributed by atoms with Gasteiger partial charge in [-0.25, -0.2) is 4.98 Å². The first-order valence-corrected chi connectivity index (χ1v) is 11.9. The maximum Gasteiger partial charge on any atom is 0.0915 e. The summed E-state index contributed by atoms with van der Waals surface area (Å²) < 4.78 is 2.04. The highest BCUT2D eigenvalue weighted by Crippen LogP contribution is 2.31. The molecule has 0 spiro atoms. The lowest BCUT2D eigenvalue weighted by atomic mass is 10.0. The molecule has 0 saturated heterocycles. The Morgan fingerprint density at radius 1 is 0.844 bits per heavy atom. The van der Waals surface area contributed by atoms with Crippen molar-refractivity contribution >= 4 is 22.4 Å². The Balaban J connectivity index is 1.77. The van der Waals surface area contributed by atoms with Gasteiger partial charge in [0.05, 0.1) is 22.9 Å². The molecule has 0 atom stereocenters. The first-order chi connectivity index (χ1) is 15.6. The van der Waals surface area contributed by atoms with Crippen LogP contribution in [-0.4, -0.2) is 21.1 Å². The molecule has 0 fully saturated rings. The van der Waals surface area contributed by atoms with Gasteiger partial charge in [-0.2, -0.15) is 0 Å². The van der Waals surface area contributed by atoms with Crippen LogP contribution in [0.25, 0.3) is 22.3 Å². The molecule has 166 valence electrons. The fourth-order valence-corrected chi connectivity index (χ4v) is 4.20. The molecule has 0 N–H and O–H groups in total. The molecule has 0 unspecified atom stereocenters. The zero-order chi connectivity index (χ0) is 22.5. The topological polar surface area (TPSA) is 34.0 Å². The fraction of sp³-hybridized carbons (Fsp3) is 0.357. The van der Waals surface area contributed by atoms with Crippen molar-refractivity contribution in [3.8, 4) is 11.3 Å². The summed E-state index contributed by atoms with van der Waals surface area (Å²) in [4.78, 5) is 12.1. The molecule has 0 bridgehead atoms. The molecule has 4 aromatic rings. The van der Waals surface area contributed by atoms with Gasteiger partial charge < -0.3 is 9.47 Å². The second-order valence-corrected chi connectivity index (χ2v) is 8.57. The SMILES string of the molecule is CCCCCN(c1cc(CC)cc(CC)c1)c1ccc2ncc(-c3ccn(C)c3)nc2c1. The van der Waals surface area contributed by atoms with Crippen molar-refractivity contribution < 1.29 is 0 Å². The van der Waals surface area contributed by atoms with Crippen molar-refractivity contribution in [3.63, 3.8) is 0 Å². The van der Waals surface area contributed by atoms with Gasteiger partial charge in [-0.1, -0.05) is 39.7 Å². The molecule has 2 heterocycles. The van der Waals surface area contributed by atoms with Crippen molar-refractivity contribution in [1.29, 1.82) is 0 Å². The zero-order valence-electron chi connectivity index (χ0n) is 19.8. The minimum atomic E-state index is 0.911. The van der Waals surface area contributed by atoms with Crippen LogP contribution in [0.3, 0.4) is 0 Å². The molecule has 0 aliphatic carbocycles. The van der Waals surface area contributed by atoms with Crippen molar-refractivity contribution in [2.45, 2.75) is 52.9 Å². The van der Waals surface area contributed by atoms with Gasteiger partial charge in [-0.3, -0.25) is 4.98 Å². The maximum atomic E-state index is 4.96. The number of aryl methyl sites for hydroxylation is 3. The summed E-state index contributed by atoms with van der Waals surface area (Å²) in [5.41, 5.74) is 9.13. The highest BCUT2D eigenvalue weighted by Gasteiger charge is 2.13. The molecule has 0 saturated carbocycles. The average molecular weight is 427 g/mol. The Morgan fingerprint density at radius 2 is 1.62 bits per heavy atom. The number of rotatable bonds is 9. The lowest BCUT2D eigenvalue weighted by Gasteiger charge is -2.26. The second-order valence-electron chi connectivity index (χ2n) is 8.57. The molecule has 4 rings (SSSR count). The molecule has 0 aliphatic rings. The van der Waals surface area contributed by atoms with Gasteiger partial charge in [-0.05, 0) is 66.8 Å². The lowest BCUT2D eigenvalue weighted by molar-refractivity contribution is 0.716. The normalized spacial score (nSPS) is 11.2. The van der Waals surface area contributed by atoms with Crippen molar-refractivity contribution in [3.05, 3.63) is 72.2 Å². The van der Waals surface area contributed by atoms with Crippen LogP contribution in [0.4, 0.5) is 11.4 Å². The fourth-order valence-electron chi connectivity index (χ4n) is 4.20. The molecule has 0 aliphatic heterocycles. The molecule has 4 nitrogen and oxygen atoms in total. The lowest BCUT2D eigenvalue weighted by Crippen LogP contribution is -2.19. The smallest absolute Gasteiger partial charge is 0.0915 e. The highest BCUT2D eigenvalue weighted by atomic mass is 15.1. The van der Waals surface area contributed by atoms with Crippen LogP contribution in [-0.2, 0) is 19.9 Å². The third kappa shape index (κ3) is 4.85. The summed E-state index contributed by atoms with van der Waals surface area (Å²) in [7, 11) is 2.03. The number of hydrogen-bond donors (Lipinski definition) is 0. The molecule has 0 radical (unpaired) electrons. The first-order valence-electron chi connectivity index (χ1n) is 11.9. The van der Waals surface area contributed by atoms with Crippen LogP contribution in [0.2, 0.25) is 0 Å². The minimum absolute atomic E-state index is 0.911. The molecule has 32 heavy (non-hydrogen) atoms. The Labute approximate surface area is 191 Å². The van der Waals surface area contributed by atoms with Crippen LogP contribution < -0.4 is 4.90 Å². The van der Waals surface area contributed by atoms with Crippen molar-refractivity contribution in [2.24, 2.45) is 7.05 Å². The number of aromatic nitrogens is 3. The summed E-state index contributed by atoms with van der Waals surface area (Å²) in [5.74, 6) is 0. The van der Waals surface area contributed by atoms with E-state index in [4.69, 9.17) is 4.98 Å². The quantitative estimate of drug-likeness (QED) is 0.268. The standard InChI is InChI=1S/C28H34N4/c1-5-8-9-13-32(25-16-21(6-2)15-22(7-3)17-25)24-10-11-26-27(18-24)30-28(19-29-26)23-12-14-31(4)20-23/h10-12,14-20H,5-9,13H2,1-4H3. The summed E-state index contributed by atoms with van der Waals surface area (Å²) in [5, 5.41) is 0. The van der Waals surface area contributed by atoms with E-state index in [1.165, 1.54) is 41.8 Å². The van der Waals surface area contributed by atoms with Gasteiger partial charge >= 0.3 is 0 Å². The largest absolute Gasteiger partial charge is 0.357 e. The molecule has 2 aromatic carbocycles. The summed E-state index contributed by atoms with van der Waals surface area (Å²) in [6, 6.07) is 15.6. The van der Waals surface area contributed by atoms with Gasteiger partial charge in [0, 0.05) is 42.9 Å². The van der Waals surface area contributed by atoms with Crippen LogP contribution >= 0.6 is 0 Å². The van der Waals surface area contributed by atoms with Gasteiger partial charge in [-0.15, -0.1) is 0 Å². The Bertz CT molecular complexity index is 1170. The van der Waals surface area contributed by atoms with Gasteiger partial charge in [0.2, 0.25) is 0 Å². The van der Waals surface area contributed by atoms with Crippen LogP contribution in [0.5, 0.6) is 0 Å². The predicted molar refractivity (Wildman–Crippen MR) is 136 cm³/mol. The number of unbranched alkanes of at least 4 members (excludes halogenated alkanes) is 2. The van der Waals surface area contributed by atoms with E-state index < -0.39 is 0 Å². The number of fused-ring (bicyclic) bond motifs is 1. The van der Waals surface area contributed by atoms with E-state index >= 15 is 0 Å². The highest BCUT2D eigenvalue weighted by molar-refractivity contribution is 5.82. The van der Waals surface area contributed by atoms with E-state index in [0.29, 0.717) is 0 Å². The molecule has 0 amide bonds. The summed E-state index contributed by atoms with van der Waals surface area (Å²) in [6.07, 6.45) is 11.7. The van der Waals surface area contributed by atoms with E-state index in [1.54, 1.807) is 0 Å². The second kappa shape index (κ2) is 9.99. The minimum Gasteiger partial charge on any atom is -0.357 e. The third-order valence-electron chi connectivity index (χ3n) is 6.12. The van der Waals surface area contributed by atoms with Crippen LogP contribution in [0, 0.1) is 0 Å². The Kier molecular flexibility index (Phi) is 6.89. The monoisotopic (exact) mass is 426 g/mol. The number of anilines is 2. The van der Waals surface area contributed by atoms with Crippen LogP contribution in [0.15, 0.2) is 61.1 Å². The summed E-state index contributed by atoms with van der Waals surface area (Å²) in [6.45, 7) is 7.73. The Hall–Kier alpha value is -3.14. The molecule has 2 aromatic heterocycles. The molecule has 4 heteroatoms. The summed E-state index contributed by atoms with van der Waals surface area (Å²) >= 11 is 0. The van der Waals surface area contributed by atoms with E-state index in [-0.39, 0.29) is 0 Å².